The summed E-state index contributed by atoms with van der Waals surface area (Å²) in [6.07, 6.45) is 2.76. The molecule has 2 atom stereocenters. The Morgan fingerprint density at radius 2 is 2.05 bits per heavy atom. The maximum atomic E-state index is 12.0. The van der Waals surface area contributed by atoms with Crippen LogP contribution in [0.25, 0.3) is 0 Å². The standard InChI is InChI=1S/C14H26N2O3/c1-10(2)8-11(3)15-14(19)16-7-6-12(9-16)4-5-13(17)18/h10-12H,4-9H2,1-3H3,(H,15,19)(H,17,18). The van der Waals surface area contributed by atoms with Crippen molar-refractivity contribution in [3.8, 4) is 0 Å². The maximum absolute atomic E-state index is 12.0. The van der Waals surface area contributed by atoms with Gasteiger partial charge in [-0.25, -0.2) is 4.79 Å². The lowest BCUT2D eigenvalue weighted by Crippen LogP contribution is -2.43. The summed E-state index contributed by atoms with van der Waals surface area (Å²) in [4.78, 5) is 24.4. The normalized spacial score (nSPS) is 20.6. The van der Waals surface area contributed by atoms with Crippen molar-refractivity contribution < 1.29 is 14.7 Å². The summed E-state index contributed by atoms with van der Waals surface area (Å²) in [5, 5.41) is 11.7. The molecule has 1 heterocycles. The van der Waals surface area contributed by atoms with Gasteiger partial charge in [-0.05, 0) is 38.0 Å². The molecule has 5 heteroatoms. The predicted molar refractivity (Wildman–Crippen MR) is 74.0 cm³/mol. The molecule has 1 rings (SSSR count). The number of hydrogen-bond donors (Lipinski definition) is 2. The van der Waals surface area contributed by atoms with Crippen LogP contribution in [0.5, 0.6) is 0 Å². The van der Waals surface area contributed by atoms with E-state index in [2.05, 4.69) is 19.2 Å². The maximum Gasteiger partial charge on any atom is 0.317 e. The van der Waals surface area contributed by atoms with E-state index in [-0.39, 0.29) is 18.5 Å². The summed E-state index contributed by atoms with van der Waals surface area (Å²) in [6, 6.07) is 0.177. The lowest BCUT2D eigenvalue weighted by atomic mass is 10.0. The smallest absolute Gasteiger partial charge is 0.317 e. The Labute approximate surface area is 115 Å². The van der Waals surface area contributed by atoms with Gasteiger partial charge in [0.25, 0.3) is 0 Å². The summed E-state index contributed by atoms with van der Waals surface area (Å²) in [5.41, 5.74) is 0. The van der Waals surface area contributed by atoms with E-state index >= 15 is 0 Å². The molecule has 0 aromatic heterocycles. The number of hydrogen-bond acceptors (Lipinski definition) is 2. The fraction of sp³-hybridized carbons (Fsp3) is 0.857. The number of aliphatic carboxylic acids is 1. The van der Waals surface area contributed by atoms with Crippen molar-refractivity contribution in [2.75, 3.05) is 13.1 Å². The van der Waals surface area contributed by atoms with E-state index in [9.17, 15) is 9.59 Å². The van der Waals surface area contributed by atoms with Crippen molar-refractivity contribution in [3.05, 3.63) is 0 Å². The Kier molecular flexibility index (Phi) is 6.12. The van der Waals surface area contributed by atoms with Gasteiger partial charge in [-0.1, -0.05) is 13.8 Å². The molecule has 1 aliphatic rings. The van der Waals surface area contributed by atoms with Crippen molar-refractivity contribution >= 4 is 12.0 Å². The van der Waals surface area contributed by atoms with Crippen molar-refractivity contribution in [2.24, 2.45) is 11.8 Å². The largest absolute Gasteiger partial charge is 0.481 e. The SMILES string of the molecule is CC(C)CC(C)NC(=O)N1CCC(CCC(=O)O)C1. The van der Waals surface area contributed by atoms with Gasteiger partial charge in [0.1, 0.15) is 0 Å². The van der Waals surface area contributed by atoms with Crippen LogP contribution < -0.4 is 5.32 Å². The molecule has 0 radical (unpaired) electrons. The van der Waals surface area contributed by atoms with Crippen molar-refractivity contribution in [1.29, 1.82) is 0 Å². The molecule has 0 bridgehead atoms. The van der Waals surface area contributed by atoms with Gasteiger partial charge in [0.15, 0.2) is 0 Å². The van der Waals surface area contributed by atoms with E-state index in [0.29, 0.717) is 24.8 Å². The minimum atomic E-state index is -0.756. The zero-order valence-corrected chi connectivity index (χ0v) is 12.2. The van der Waals surface area contributed by atoms with Crippen LogP contribution in [0.2, 0.25) is 0 Å². The minimum Gasteiger partial charge on any atom is -0.481 e. The van der Waals surface area contributed by atoms with Crippen LogP contribution in [0.1, 0.15) is 46.5 Å². The molecule has 0 aromatic rings. The highest BCUT2D eigenvalue weighted by Crippen LogP contribution is 2.21. The summed E-state index contributed by atoms with van der Waals surface area (Å²) >= 11 is 0. The van der Waals surface area contributed by atoms with Crippen LogP contribution in [0.4, 0.5) is 4.79 Å². The van der Waals surface area contributed by atoms with Gasteiger partial charge in [-0.2, -0.15) is 0 Å². The summed E-state index contributed by atoms with van der Waals surface area (Å²) < 4.78 is 0. The second-order valence-electron chi connectivity index (χ2n) is 6.01. The summed E-state index contributed by atoms with van der Waals surface area (Å²) in [5.74, 6) is 0.146. The number of carbonyl (C=O) groups is 2. The number of amides is 2. The predicted octanol–water partition coefficient (Wildman–Crippen LogP) is 2.32. The number of likely N-dealkylation sites (tertiary alicyclic amines) is 1. The first-order valence-corrected chi connectivity index (χ1v) is 7.15. The van der Waals surface area contributed by atoms with Crippen molar-refractivity contribution in [2.45, 2.75) is 52.5 Å². The van der Waals surface area contributed by atoms with Gasteiger partial charge < -0.3 is 15.3 Å². The zero-order chi connectivity index (χ0) is 14.4. The van der Waals surface area contributed by atoms with E-state index in [1.54, 1.807) is 0 Å². The molecule has 1 aliphatic heterocycles. The number of carboxylic acids is 1. The second kappa shape index (κ2) is 7.36. The number of rotatable bonds is 6. The average Bonchev–Trinajstić information content (AvgIpc) is 2.73. The molecule has 1 fully saturated rings. The molecule has 19 heavy (non-hydrogen) atoms. The van der Waals surface area contributed by atoms with Gasteiger partial charge in [-0.15, -0.1) is 0 Å². The Hall–Kier alpha value is -1.26. The van der Waals surface area contributed by atoms with Crippen LogP contribution in [0, 0.1) is 11.8 Å². The van der Waals surface area contributed by atoms with Gasteiger partial charge in [0.05, 0.1) is 0 Å². The molecule has 2 N–H and O–H groups in total. The van der Waals surface area contributed by atoms with Crippen LogP contribution >= 0.6 is 0 Å². The molecular formula is C14H26N2O3. The number of carbonyl (C=O) groups excluding carboxylic acids is 1. The average molecular weight is 270 g/mol. The Morgan fingerprint density at radius 3 is 2.63 bits per heavy atom. The second-order valence-corrected chi connectivity index (χ2v) is 6.01. The molecule has 110 valence electrons. The summed E-state index contributed by atoms with van der Waals surface area (Å²) in [6.45, 7) is 7.73. The first-order valence-electron chi connectivity index (χ1n) is 7.15. The third kappa shape index (κ3) is 5.94. The third-order valence-corrected chi connectivity index (χ3v) is 3.53. The highest BCUT2D eigenvalue weighted by molar-refractivity contribution is 5.74. The van der Waals surface area contributed by atoms with Crippen molar-refractivity contribution in [1.82, 2.24) is 10.2 Å². The fourth-order valence-corrected chi connectivity index (χ4v) is 2.65. The highest BCUT2D eigenvalue weighted by Gasteiger charge is 2.27. The number of nitrogens with zero attached hydrogens (tertiary/aromatic N) is 1. The molecule has 0 spiro atoms. The van der Waals surface area contributed by atoms with Gasteiger partial charge >= 0.3 is 12.0 Å². The molecule has 2 unspecified atom stereocenters. The first kappa shape index (κ1) is 15.8. The molecular weight excluding hydrogens is 244 g/mol. The highest BCUT2D eigenvalue weighted by atomic mass is 16.4. The van der Waals surface area contributed by atoms with E-state index in [4.69, 9.17) is 5.11 Å². The Morgan fingerprint density at radius 1 is 1.37 bits per heavy atom. The molecule has 0 aliphatic carbocycles. The molecule has 2 amide bonds. The lowest BCUT2D eigenvalue weighted by Gasteiger charge is -2.22. The van der Waals surface area contributed by atoms with Crippen LogP contribution in [-0.4, -0.2) is 41.1 Å². The fourth-order valence-electron chi connectivity index (χ4n) is 2.65. The topological polar surface area (TPSA) is 69.6 Å². The van der Waals surface area contributed by atoms with Gasteiger partial charge in [0, 0.05) is 25.6 Å². The Balaban J connectivity index is 2.29. The van der Waals surface area contributed by atoms with Crippen LogP contribution in [-0.2, 0) is 4.79 Å². The van der Waals surface area contributed by atoms with Crippen molar-refractivity contribution in [3.63, 3.8) is 0 Å². The van der Waals surface area contributed by atoms with Gasteiger partial charge in [-0.3, -0.25) is 4.79 Å². The quantitative estimate of drug-likeness (QED) is 0.778. The van der Waals surface area contributed by atoms with E-state index in [0.717, 1.165) is 19.4 Å². The van der Waals surface area contributed by atoms with Gasteiger partial charge in [0.2, 0.25) is 0 Å². The summed E-state index contributed by atoms with van der Waals surface area (Å²) in [7, 11) is 0. The number of nitrogens with one attached hydrogen (secondary N) is 1. The van der Waals surface area contributed by atoms with Crippen LogP contribution in [0.3, 0.4) is 0 Å². The minimum absolute atomic E-state index is 0.00836. The van der Waals surface area contributed by atoms with E-state index in [1.807, 2.05) is 11.8 Å². The molecule has 1 saturated heterocycles. The molecule has 0 saturated carbocycles. The monoisotopic (exact) mass is 270 g/mol. The third-order valence-electron chi connectivity index (χ3n) is 3.53. The number of carboxylic acid groups (broad SMARTS) is 1. The van der Waals surface area contributed by atoms with Crippen LogP contribution in [0.15, 0.2) is 0 Å². The number of urea groups is 1. The zero-order valence-electron chi connectivity index (χ0n) is 12.2. The first-order chi connectivity index (χ1) is 8.88. The Bertz CT molecular complexity index is 318. The van der Waals surface area contributed by atoms with E-state index in [1.165, 1.54) is 0 Å². The molecule has 5 nitrogen and oxygen atoms in total. The lowest BCUT2D eigenvalue weighted by molar-refractivity contribution is -0.137. The van der Waals surface area contributed by atoms with E-state index < -0.39 is 5.97 Å². The molecule has 0 aromatic carbocycles.